The molecule has 1 fully saturated rings. The van der Waals surface area contributed by atoms with Gasteiger partial charge >= 0.3 is 5.97 Å². The lowest BCUT2D eigenvalue weighted by molar-refractivity contribution is -0.141. The number of carboxylic acids is 1. The van der Waals surface area contributed by atoms with E-state index in [1.807, 2.05) is 12.1 Å². The van der Waals surface area contributed by atoms with Crippen LogP contribution < -0.4 is 10.1 Å². The molecular weight excluding hydrogens is 234 g/mol. The minimum absolute atomic E-state index is 0.0902. The Hall–Kier alpha value is -1.75. The van der Waals surface area contributed by atoms with Gasteiger partial charge in [0.25, 0.3) is 0 Å². The maximum Gasteiger partial charge on any atom is 0.307 e. The zero-order valence-electron chi connectivity index (χ0n) is 10.4. The second kappa shape index (κ2) is 4.86. The normalized spacial score (nSPS) is 23.0. The maximum absolute atomic E-state index is 10.9. The van der Waals surface area contributed by atoms with E-state index in [4.69, 9.17) is 9.84 Å². The van der Waals surface area contributed by atoms with Crippen molar-refractivity contribution in [2.45, 2.75) is 19.4 Å². The molecule has 0 bridgehead atoms. The summed E-state index contributed by atoms with van der Waals surface area (Å²) in [5.41, 5.74) is 1.55. The first-order chi connectivity index (χ1) is 8.54. The minimum atomic E-state index is -0.791. The van der Waals surface area contributed by atoms with Crippen molar-refractivity contribution in [1.82, 2.24) is 5.32 Å². The first-order valence-electron chi connectivity index (χ1n) is 5.87. The fourth-order valence-electron chi connectivity index (χ4n) is 2.33. The van der Waals surface area contributed by atoms with Gasteiger partial charge in [-0.25, -0.2) is 0 Å². The average molecular weight is 251 g/mol. The third-order valence-electron chi connectivity index (χ3n) is 3.42. The van der Waals surface area contributed by atoms with Crippen LogP contribution >= 0.6 is 0 Å². The van der Waals surface area contributed by atoms with Crippen LogP contribution in [-0.4, -0.2) is 29.8 Å². The highest BCUT2D eigenvalue weighted by atomic mass is 16.5. The largest absolute Gasteiger partial charge is 0.504 e. The van der Waals surface area contributed by atoms with Gasteiger partial charge in [-0.1, -0.05) is 12.1 Å². The van der Waals surface area contributed by atoms with Gasteiger partial charge in [-0.15, -0.1) is 0 Å². The molecular formula is C13H17NO4. The number of carbonyl (C=O) groups is 1. The molecule has 0 aliphatic carbocycles. The highest BCUT2D eigenvalue weighted by Crippen LogP contribution is 2.40. The molecule has 0 spiro atoms. The van der Waals surface area contributed by atoms with E-state index in [2.05, 4.69) is 5.32 Å². The number of phenolic OH excluding ortho intramolecular Hbond substituents is 1. The second-order valence-electron chi connectivity index (χ2n) is 4.59. The second-order valence-corrected chi connectivity index (χ2v) is 4.59. The Bertz CT molecular complexity index is 472. The van der Waals surface area contributed by atoms with E-state index < -0.39 is 5.97 Å². The summed E-state index contributed by atoms with van der Waals surface area (Å²) in [4.78, 5) is 10.9. The van der Waals surface area contributed by atoms with E-state index in [9.17, 15) is 9.90 Å². The molecule has 98 valence electrons. The minimum Gasteiger partial charge on any atom is -0.504 e. The first-order valence-corrected chi connectivity index (χ1v) is 5.87. The summed E-state index contributed by atoms with van der Waals surface area (Å²) in [6.07, 6.45) is 0.508. The topological polar surface area (TPSA) is 78.8 Å². The molecule has 1 saturated heterocycles. The van der Waals surface area contributed by atoms with Crippen LogP contribution in [0.15, 0.2) is 12.1 Å². The third-order valence-corrected chi connectivity index (χ3v) is 3.42. The Morgan fingerprint density at radius 1 is 1.50 bits per heavy atom. The number of aryl methyl sites for hydroxylation is 1. The van der Waals surface area contributed by atoms with Crippen LogP contribution in [0.3, 0.4) is 0 Å². The summed E-state index contributed by atoms with van der Waals surface area (Å²) >= 11 is 0. The Labute approximate surface area is 105 Å². The molecule has 1 aliphatic heterocycles. The predicted octanol–water partition coefficient (Wildman–Crippen LogP) is 1.44. The van der Waals surface area contributed by atoms with Crippen LogP contribution in [0.25, 0.3) is 0 Å². The SMILES string of the molecule is COc1c(C2CC(C(=O)O)CN2)ccc(C)c1O. The molecule has 0 aromatic heterocycles. The molecule has 1 aromatic carbocycles. The standard InChI is InChI=1S/C13H17NO4/c1-7-3-4-9(12(18-2)11(7)15)10-5-8(6-14-10)13(16)17/h3-4,8,10,14-15H,5-6H2,1-2H3,(H,16,17). The van der Waals surface area contributed by atoms with Gasteiger partial charge in [-0.2, -0.15) is 0 Å². The molecule has 2 rings (SSSR count). The van der Waals surface area contributed by atoms with Crippen LogP contribution in [0.5, 0.6) is 11.5 Å². The summed E-state index contributed by atoms with van der Waals surface area (Å²) in [5.74, 6) is -0.627. The van der Waals surface area contributed by atoms with Crippen LogP contribution in [-0.2, 0) is 4.79 Å². The van der Waals surface area contributed by atoms with Gasteiger partial charge in [0.2, 0.25) is 0 Å². The van der Waals surface area contributed by atoms with E-state index in [1.54, 1.807) is 6.92 Å². The van der Waals surface area contributed by atoms with Gasteiger partial charge in [0, 0.05) is 18.2 Å². The van der Waals surface area contributed by atoms with Gasteiger partial charge in [-0.05, 0) is 18.9 Å². The van der Waals surface area contributed by atoms with E-state index in [1.165, 1.54) is 7.11 Å². The quantitative estimate of drug-likeness (QED) is 0.757. The van der Waals surface area contributed by atoms with Crippen molar-refractivity contribution in [2.75, 3.05) is 13.7 Å². The van der Waals surface area contributed by atoms with E-state index in [0.717, 1.165) is 11.1 Å². The zero-order valence-corrected chi connectivity index (χ0v) is 10.4. The average Bonchev–Trinajstić information content (AvgIpc) is 2.82. The van der Waals surface area contributed by atoms with Gasteiger partial charge in [-0.3, -0.25) is 4.79 Å². The molecule has 3 N–H and O–H groups in total. The van der Waals surface area contributed by atoms with Gasteiger partial charge < -0.3 is 20.3 Å². The first kappa shape index (κ1) is 12.7. The Kier molecular flexibility index (Phi) is 3.43. The third kappa shape index (κ3) is 2.13. The lowest BCUT2D eigenvalue weighted by Crippen LogP contribution is -2.17. The number of hydrogen-bond acceptors (Lipinski definition) is 4. The molecule has 1 heterocycles. The summed E-state index contributed by atoms with van der Waals surface area (Å²) in [6, 6.07) is 3.59. The number of aliphatic carboxylic acids is 1. The molecule has 1 aromatic rings. The van der Waals surface area contributed by atoms with Crippen molar-refractivity contribution < 1.29 is 19.7 Å². The molecule has 5 heteroatoms. The lowest BCUT2D eigenvalue weighted by atomic mass is 9.98. The van der Waals surface area contributed by atoms with Gasteiger partial charge in [0.1, 0.15) is 0 Å². The summed E-state index contributed by atoms with van der Waals surface area (Å²) in [7, 11) is 1.50. The molecule has 5 nitrogen and oxygen atoms in total. The molecule has 0 radical (unpaired) electrons. The zero-order chi connectivity index (χ0) is 13.3. The smallest absolute Gasteiger partial charge is 0.307 e. The number of ether oxygens (including phenoxy) is 1. The monoisotopic (exact) mass is 251 g/mol. The number of benzene rings is 1. The highest BCUT2D eigenvalue weighted by molar-refractivity contribution is 5.71. The Morgan fingerprint density at radius 3 is 2.78 bits per heavy atom. The molecule has 18 heavy (non-hydrogen) atoms. The number of rotatable bonds is 3. The summed E-state index contributed by atoms with van der Waals surface area (Å²) in [6.45, 7) is 2.24. The summed E-state index contributed by atoms with van der Waals surface area (Å²) < 4.78 is 5.23. The number of nitrogens with one attached hydrogen (secondary N) is 1. The van der Waals surface area contributed by atoms with Crippen molar-refractivity contribution >= 4 is 5.97 Å². The van der Waals surface area contributed by atoms with Crippen molar-refractivity contribution in [3.8, 4) is 11.5 Å². The van der Waals surface area contributed by atoms with Gasteiger partial charge in [0.05, 0.1) is 13.0 Å². The Morgan fingerprint density at radius 2 is 2.22 bits per heavy atom. The van der Waals surface area contributed by atoms with Gasteiger partial charge in [0.15, 0.2) is 11.5 Å². The number of carboxylic acid groups (broad SMARTS) is 1. The van der Waals surface area contributed by atoms with E-state index in [0.29, 0.717) is 18.7 Å². The van der Waals surface area contributed by atoms with Crippen molar-refractivity contribution in [3.63, 3.8) is 0 Å². The van der Waals surface area contributed by atoms with Crippen LogP contribution in [0, 0.1) is 12.8 Å². The number of aromatic hydroxyl groups is 1. The van der Waals surface area contributed by atoms with Crippen LogP contribution in [0.1, 0.15) is 23.6 Å². The van der Waals surface area contributed by atoms with E-state index >= 15 is 0 Å². The number of phenols is 1. The van der Waals surface area contributed by atoms with Crippen LogP contribution in [0.4, 0.5) is 0 Å². The van der Waals surface area contributed by atoms with Crippen molar-refractivity contribution in [2.24, 2.45) is 5.92 Å². The molecule has 2 unspecified atom stereocenters. The van der Waals surface area contributed by atoms with Crippen molar-refractivity contribution in [1.29, 1.82) is 0 Å². The van der Waals surface area contributed by atoms with Crippen molar-refractivity contribution in [3.05, 3.63) is 23.3 Å². The molecule has 0 amide bonds. The number of methoxy groups -OCH3 is 1. The molecule has 1 aliphatic rings. The lowest BCUT2D eigenvalue weighted by Gasteiger charge is -2.17. The molecule has 0 saturated carbocycles. The fraction of sp³-hybridized carbons (Fsp3) is 0.462. The van der Waals surface area contributed by atoms with Crippen LogP contribution in [0.2, 0.25) is 0 Å². The summed E-state index contributed by atoms with van der Waals surface area (Å²) in [5, 5.41) is 22.1. The number of hydrogen-bond donors (Lipinski definition) is 3. The van der Waals surface area contributed by atoms with E-state index in [-0.39, 0.29) is 17.7 Å². The fourth-order valence-corrected chi connectivity index (χ4v) is 2.33. The Balaban J connectivity index is 2.30. The predicted molar refractivity (Wildman–Crippen MR) is 65.9 cm³/mol. The highest BCUT2D eigenvalue weighted by Gasteiger charge is 2.32. The maximum atomic E-state index is 10.9. The molecule has 2 atom stereocenters.